The summed E-state index contributed by atoms with van der Waals surface area (Å²) in [4.78, 5) is 8.82. The van der Waals surface area contributed by atoms with Gasteiger partial charge in [0.1, 0.15) is 0 Å². The van der Waals surface area contributed by atoms with E-state index in [1.807, 2.05) is 67.9 Å². The first-order valence-electron chi connectivity index (χ1n) is 8.13. The molecule has 6 nitrogen and oxygen atoms in total. The molecule has 0 aliphatic carbocycles. The molecule has 0 fully saturated rings. The van der Waals surface area contributed by atoms with Crippen molar-refractivity contribution in [3.05, 3.63) is 71.2 Å². The fourth-order valence-corrected chi connectivity index (χ4v) is 2.50. The molecule has 0 atom stereocenters. The minimum Gasteiger partial charge on any atom is -0.370 e. The monoisotopic (exact) mass is 334 g/mol. The number of aromatic nitrogens is 3. The third-order valence-electron chi connectivity index (χ3n) is 3.79. The molecule has 3 rings (SSSR count). The Morgan fingerprint density at radius 1 is 1.12 bits per heavy atom. The van der Waals surface area contributed by atoms with Crippen LogP contribution in [-0.2, 0) is 6.54 Å². The van der Waals surface area contributed by atoms with E-state index in [1.54, 1.807) is 6.20 Å². The minimum atomic E-state index is 0.381. The number of hydrogen-bond donors (Lipinski definition) is 2. The second-order valence-electron chi connectivity index (χ2n) is 6.06. The van der Waals surface area contributed by atoms with Gasteiger partial charge in [-0.25, -0.2) is 14.7 Å². The van der Waals surface area contributed by atoms with Crippen molar-refractivity contribution in [2.75, 3.05) is 5.32 Å². The first-order valence-corrected chi connectivity index (χ1v) is 8.13. The smallest absolute Gasteiger partial charge is 0.193 e. The van der Waals surface area contributed by atoms with Gasteiger partial charge in [-0.2, -0.15) is 5.10 Å². The highest BCUT2D eigenvalue weighted by atomic mass is 15.3. The molecule has 128 valence electrons. The zero-order valence-corrected chi connectivity index (χ0v) is 14.7. The molecule has 1 aromatic carbocycles. The molecular formula is C19H22N6. The number of nitrogens with two attached hydrogens (primary N) is 1. The van der Waals surface area contributed by atoms with E-state index >= 15 is 0 Å². The maximum atomic E-state index is 5.94. The molecule has 0 spiro atoms. The van der Waals surface area contributed by atoms with Crippen LogP contribution in [0.1, 0.15) is 22.5 Å². The number of pyridine rings is 1. The fraction of sp³-hybridized carbons (Fsp3) is 0.211. The molecule has 0 saturated heterocycles. The van der Waals surface area contributed by atoms with Crippen LogP contribution in [0.25, 0.3) is 5.82 Å². The lowest BCUT2D eigenvalue weighted by atomic mass is 10.2. The van der Waals surface area contributed by atoms with E-state index in [-0.39, 0.29) is 0 Å². The number of hydrogen-bond acceptors (Lipinski definition) is 3. The second-order valence-corrected chi connectivity index (χ2v) is 6.06. The summed E-state index contributed by atoms with van der Waals surface area (Å²) in [6.07, 6.45) is 1.80. The Morgan fingerprint density at radius 3 is 2.48 bits per heavy atom. The molecule has 0 aliphatic rings. The van der Waals surface area contributed by atoms with Crippen molar-refractivity contribution in [3.63, 3.8) is 0 Å². The fourth-order valence-electron chi connectivity index (χ4n) is 2.50. The third kappa shape index (κ3) is 4.23. The number of aliphatic imine (C=N–C) groups is 1. The molecule has 25 heavy (non-hydrogen) atoms. The van der Waals surface area contributed by atoms with E-state index in [1.165, 1.54) is 5.56 Å². The average molecular weight is 334 g/mol. The lowest BCUT2D eigenvalue weighted by Gasteiger charge is -2.07. The Kier molecular flexibility index (Phi) is 4.79. The van der Waals surface area contributed by atoms with Gasteiger partial charge in [-0.15, -0.1) is 0 Å². The Hall–Kier alpha value is -3.15. The van der Waals surface area contributed by atoms with Crippen LogP contribution >= 0.6 is 0 Å². The number of benzene rings is 1. The summed E-state index contributed by atoms with van der Waals surface area (Å²) in [6, 6.07) is 14.0. The molecule has 2 heterocycles. The first-order chi connectivity index (χ1) is 12.0. The van der Waals surface area contributed by atoms with Crippen LogP contribution in [0.15, 0.2) is 53.7 Å². The van der Waals surface area contributed by atoms with Gasteiger partial charge in [0.2, 0.25) is 0 Å². The van der Waals surface area contributed by atoms with Gasteiger partial charge < -0.3 is 11.1 Å². The zero-order valence-electron chi connectivity index (χ0n) is 14.7. The Labute approximate surface area is 147 Å². The molecule has 6 heteroatoms. The molecule has 0 radical (unpaired) electrons. The Morgan fingerprint density at radius 2 is 1.88 bits per heavy atom. The summed E-state index contributed by atoms with van der Waals surface area (Å²) in [6.45, 7) is 6.49. The standard InChI is InChI=1S/C19H22N6/c1-13-4-7-17(8-5-13)23-19(20)22-12-16-6-9-18(21-11-16)25-15(3)10-14(2)24-25/h4-11H,12H2,1-3H3,(H3,20,22,23). The number of nitrogens with one attached hydrogen (secondary N) is 1. The molecule has 0 bridgehead atoms. The number of rotatable bonds is 4. The van der Waals surface area contributed by atoms with E-state index in [0.717, 1.165) is 28.5 Å². The van der Waals surface area contributed by atoms with E-state index in [0.29, 0.717) is 12.5 Å². The highest BCUT2D eigenvalue weighted by Crippen LogP contribution is 2.11. The topological polar surface area (TPSA) is 81.1 Å². The highest BCUT2D eigenvalue weighted by Gasteiger charge is 2.04. The molecule has 3 aromatic rings. The lowest BCUT2D eigenvalue weighted by Crippen LogP contribution is -2.22. The molecule has 0 unspecified atom stereocenters. The average Bonchev–Trinajstić information content (AvgIpc) is 2.94. The van der Waals surface area contributed by atoms with Crippen LogP contribution in [-0.4, -0.2) is 20.7 Å². The number of guanidine groups is 1. The van der Waals surface area contributed by atoms with Crippen molar-refractivity contribution >= 4 is 11.6 Å². The first kappa shape index (κ1) is 16.7. The molecule has 0 aliphatic heterocycles. The van der Waals surface area contributed by atoms with Crippen LogP contribution in [0.5, 0.6) is 0 Å². The van der Waals surface area contributed by atoms with Gasteiger partial charge in [0, 0.05) is 17.6 Å². The van der Waals surface area contributed by atoms with Gasteiger partial charge in [0.15, 0.2) is 11.8 Å². The van der Waals surface area contributed by atoms with Gasteiger partial charge in [0.05, 0.1) is 12.2 Å². The molecule has 0 saturated carbocycles. The van der Waals surface area contributed by atoms with E-state index in [9.17, 15) is 0 Å². The minimum absolute atomic E-state index is 0.381. The maximum Gasteiger partial charge on any atom is 0.193 e. The number of nitrogens with zero attached hydrogens (tertiary/aromatic N) is 4. The van der Waals surface area contributed by atoms with E-state index < -0.39 is 0 Å². The summed E-state index contributed by atoms with van der Waals surface area (Å²) in [5, 5.41) is 7.51. The highest BCUT2D eigenvalue weighted by molar-refractivity contribution is 5.92. The number of aryl methyl sites for hydroxylation is 3. The van der Waals surface area contributed by atoms with Gasteiger partial charge >= 0.3 is 0 Å². The van der Waals surface area contributed by atoms with Crippen LogP contribution in [0.4, 0.5) is 5.69 Å². The zero-order chi connectivity index (χ0) is 17.8. The van der Waals surface area contributed by atoms with Crippen molar-refractivity contribution in [3.8, 4) is 5.82 Å². The second kappa shape index (κ2) is 7.17. The predicted octanol–water partition coefficient (Wildman–Crippen LogP) is 3.12. The summed E-state index contributed by atoms with van der Waals surface area (Å²) in [5.74, 6) is 1.18. The van der Waals surface area contributed by atoms with Crippen molar-refractivity contribution in [2.45, 2.75) is 27.3 Å². The normalized spacial score (nSPS) is 11.6. The van der Waals surface area contributed by atoms with Crippen LogP contribution in [0.3, 0.4) is 0 Å². The SMILES string of the molecule is Cc1ccc(NC(N)=NCc2ccc(-n3nc(C)cc3C)nc2)cc1. The van der Waals surface area contributed by atoms with Crippen LogP contribution < -0.4 is 11.1 Å². The Bertz CT molecular complexity index is 875. The molecular weight excluding hydrogens is 312 g/mol. The summed E-state index contributed by atoms with van der Waals surface area (Å²) in [5.41, 5.74) is 11.1. The summed E-state index contributed by atoms with van der Waals surface area (Å²) < 4.78 is 1.83. The van der Waals surface area contributed by atoms with E-state index in [4.69, 9.17) is 5.73 Å². The summed E-state index contributed by atoms with van der Waals surface area (Å²) >= 11 is 0. The quantitative estimate of drug-likeness (QED) is 0.567. The van der Waals surface area contributed by atoms with Crippen molar-refractivity contribution in [1.82, 2.24) is 14.8 Å². The van der Waals surface area contributed by atoms with Crippen molar-refractivity contribution in [2.24, 2.45) is 10.7 Å². The molecule has 3 N–H and O–H groups in total. The molecule has 0 amide bonds. The predicted molar refractivity (Wildman–Crippen MR) is 101 cm³/mol. The maximum absolute atomic E-state index is 5.94. The lowest BCUT2D eigenvalue weighted by molar-refractivity contribution is 0.803. The molecule has 2 aromatic heterocycles. The largest absolute Gasteiger partial charge is 0.370 e. The van der Waals surface area contributed by atoms with Gasteiger partial charge in [-0.05, 0) is 50.6 Å². The number of anilines is 1. The van der Waals surface area contributed by atoms with Gasteiger partial charge in [-0.1, -0.05) is 23.8 Å². The van der Waals surface area contributed by atoms with Crippen LogP contribution in [0.2, 0.25) is 0 Å². The van der Waals surface area contributed by atoms with E-state index in [2.05, 4.69) is 20.4 Å². The van der Waals surface area contributed by atoms with Crippen LogP contribution in [0, 0.1) is 20.8 Å². The van der Waals surface area contributed by atoms with Gasteiger partial charge in [-0.3, -0.25) is 0 Å². The van der Waals surface area contributed by atoms with Crippen molar-refractivity contribution < 1.29 is 0 Å². The van der Waals surface area contributed by atoms with Gasteiger partial charge in [0.25, 0.3) is 0 Å². The Balaban J connectivity index is 1.64. The van der Waals surface area contributed by atoms with Crippen molar-refractivity contribution in [1.29, 1.82) is 0 Å². The summed E-state index contributed by atoms with van der Waals surface area (Å²) in [7, 11) is 0. The third-order valence-corrected chi connectivity index (χ3v) is 3.79.